The number of nitrogens with one attached hydrogen (secondary N) is 1. The molecular weight excluding hydrogens is 186 g/mol. The van der Waals surface area contributed by atoms with Crippen molar-refractivity contribution in [1.29, 1.82) is 0 Å². The summed E-state index contributed by atoms with van der Waals surface area (Å²) in [5.74, 6) is 1.57. The molecule has 2 nitrogen and oxygen atoms in total. The number of benzene rings is 1. The Balaban J connectivity index is 2.24. The van der Waals surface area contributed by atoms with E-state index in [1.165, 1.54) is 5.56 Å². The van der Waals surface area contributed by atoms with E-state index in [0.717, 1.165) is 24.4 Å². The summed E-state index contributed by atoms with van der Waals surface area (Å²) in [5, 5.41) is 3.43. The zero-order valence-corrected chi connectivity index (χ0v) is 9.71. The summed E-state index contributed by atoms with van der Waals surface area (Å²) in [5.41, 5.74) is 2.51. The number of fused-ring (bicyclic) bond motifs is 1. The van der Waals surface area contributed by atoms with E-state index in [-0.39, 0.29) is 0 Å². The van der Waals surface area contributed by atoms with Gasteiger partial charge in [-0.2, -0.15) is 0 Å². The van der Waals surface area contributed by atoms with Crippen LogP contribution in [-0.2, 0) is 0 Å². The summed E-state index contributed by atoms with van der Waals surface area (Å²) in [6, 6.07) is 6.44. The number of ether oxygens (including phenoxy) is 1. The summed E-state index contributed by atoms with van der Waals surface area (Å²) >= 11 is 0. The predicted octanol–water partition coefficient (Wildman–Crippen LogP) is 3.39. The highest BCUT2D eigenvalue weighted by Crippen LogP contribution is 2.32. The number of rotatable bonds is 2. The van der Waals surface area contributed by atoms with Crippen LogP contribution in [0.5, 0.6) is 5.75 Å². The normalized spacial score (nSPS) is 19.3. The Hall–Kier alpha value is -1.18. The van der Waals surface area contributed by atoms with Crippen molar-refractivity contribution in [2.24, 2.45) is 0 Å². The van der Waals surface area contributed by atoms with Gasteiger partial charge in [0.25, 0.3) is 0 Å². The van der Waals surface area contributed by atoms with E-state index in [2.05, 4.69) is 44.3 Å². The van der Waals surface area contributed by atoms with Gasteiger partial charge in [-0.1, -0.05) is 26.8 Å². The first-order valence-corrected chi connectivity index (χ1v) is 5.75. The van der Waals surface area contributed by atoms with Gasteiger partial charge >= 0.3 is 0 Å². The second-order valence-electron chi connectivity index (χ2n) is 4.44. The maximum Gasteiger partial charge on any atom is 0.142 e. The van der Waals surface area contributed by atoms with Crippen LogP contribution in [0.4, 0.5) is 5.69 Å². The highest BCUT2D eigenvalue weighted by molar-refractivity contribution is 5.60. The first-order valence-electron chi connectivity index (χ1n) is 5.75. The molecule has 1 aromatic rings. The van der Waals surface area contributed by atoms with E-state index in [1.807, 2.05) is 0 Å². The molecule has 1 unspecified atom stereocenters. The van der Waals surface area contributed by atoms with Crippen molar-refractivity contribution < 1.29 is 4.74 Å². The maximum atomic E-state index is 5.85. The van der Waals surface area contributed by atoms with Gasteiger partial charge in [-0.15, -0.1) is 0 Å². The monoisotopic (exact) mass is 205 g/mol. The summed E-state index contributed by atoms with van der Waals surface area (Å²) in [4.78, 5) is 0. The van der Waals surface area contributed by atoms with E-state index < -0.39 is 0 Å². The molecule has 1 atom stereocenters. The largest absolute Gasteiger partial charge is 0.486 e. The lowest BCUT2D eigenvalue weighted by molar-refractivity contribution is 0.202. The molecule has 82 valence electrons. The van der Waals surface area contributed by atoms with Crippen molar-refractivity contribution in [3.05, 3.63) is 23.8 Å². The Morgan fingerprint density at radius 1 is 1.47 bits per heavy atom. The molecule has 15 heavy (non-hydrogen) atoms. The average Bonchev–Trinajstić information content (AvgIpc) is 2.27. The number of hydrogen-bond acceptors (Lipinski definition) is 2. The third kappa shape index (κ3) is 2.09. The van der Waals surface area contributed by atoms with Crippen LogP contribution in [0.3, 0.4) is 0 Å². The maximum absolute atomic E-state index is 5.85. The van der Waals surface area contributed by atoms with Gasteiger partial charge in [-0.05, 0) is 30.0 Å². The summed E-state index contributed by atoms with van der Waals surface area (Å²) in [7, 11) is 0. The Bertz CT molecular complexity index is 346. The van der Waals surface area contributed by atoms with E-state index in [4.69, 9.17) is 4.74 Å². The smallest absolute Gasteiger partial charge is 0.142 e. The van der Waals surface area contributed by atoms with Gasteiger partial charge in [0.15, 0.2) is 0 Å². The first kappa shape index (κ1) is 10.3. The topological polar surface area (TPSA) is 21.3 Å². The van der Waals surface area contributed by atoms with Crippen molar-refractivity contribution in [2.45, 2.75) is 39.2 Å². The minimum absolute atomic E-state index is 0.322. The molecule has 2 rings (SSSR count). The van der Waals surface area contributed by atoms with Gasteiger partial charge in [0, 0.05) is 0 Å². The van der Waals surface area contributed by atoms with Gasteiger partial charge in [-0.25, -0.2) is 0 Å². The first-order chi connectivity index (χ1) is 7.20. The molecule has 1 aliphatic heterocycles. The zero-order chi connectivity index (χ0) is 10.8. The molecule has 2 heteroatoms. The third-order valence-electron chi connectivity index (χ3n) is 2.94. The van der Waals surface area contributed by atoms with E-state index >= 15 is 0 Å². The van der Waals surface area contributed by atoms with Crippen LogP contribution in [0.25, 0.3) is 0 Å². The molecule has 1 aliphatic rings. The highest BCUT2D eigenvalue weighted by Gasteiger charge is 2.17. The van der Waals surface area contributed by atoms with Crippen LogP contribution in [-0.4, -0.2) is 12.6 Å². The van der Waals surface area contributed by atoms with E-state index in [1.54, 1.807) is 0 Å². The Morgan fingerprint density at radius 3 is 2.93 bits per heavy atom. The Labute approximate surface area is 91.6 Å². The Morgan fingerprint density at radius 2 is 2.27 bits per heavy atom. The second kappa shape index (κ2) is 4.13. The van der Waals surface area contributed by atoms with Gasteiger partial charge in [0.05, 0.1) is 12.2 Å². The van der Waals surface area contributed by atoms with Crippen molar-refractivity contribution in [1.82, 2.24) is 0 Å². The zero-order valence-electron chi connectivity index (χ0n) is 9.71. The van der Waals surface area contributed by atoms with Crippen LogP contribution < -0.4 is 10.1 Å². The summed E-state index contributed by atoms with van der Waals surface area (Å²) in [6.45, 7) is 7.49. The number of hydrogen-bond donors (Lipinski definition) is 1. The van der Waals surface area contributed by atoms with Crippen molar-refractivity contribution in [3.63, 3.8) is 0 Å². The highest BCUT2D eigenvalue weighted by atomic mass is 16.5. The van der Waals surface area contributed by atoms with E-state index in [9.17, 15) is 0 Å². The fourth-order valence-corrected chi connectivity index (χ4v) is 1.82. The molecule has 0 radical (unpaired) electrons. The molecule has 1 aromatic carbocycles. The Kier molecular flexibility index (Phi) is 2.85. The molecule has 0 saturated carbocycles. The fraction of sp³-hybridized carbons (Fsp3) is 0.538. The molecule has 0 aromatic heterocycles. The van der Waals surface area contributed by atoms with Crippen LogP contribution in [0.1, 0.15) is 38.7 Å². The predicted molar refractivity (Wildman–Crippen MR) is 63.7 cm³/mol. The molecule has 0 bridgehead atoms. The second-order valence-corrected chi connectivity index (χ2v) is 4.44. The van der Waals surface area contributed by atoms with Crippen molar-refractivity contribution in [2.75, 3.05) is 11.9 Å². The van der Waals surface area contributed by atoms with Crippen LogP contribution in [0, 0.1) is 0 Å². The standard InChI is InChI=1S/C13H19NO/c1-4-11-8-14-12-7-10(9(2)3)5-6-13(12)15-11/h5-7,9,11,14H,4,8H2,1-3H3. The van der Waals surface area contributed by atoms with Gasteiger partial charge in [0.1, 0.15) is 11.9 Å². The number of anilines is 1. The van der Waals surface area contributed by atoms with Crippen molar-refractivity contribution in [3.8, 4) is 5.75 Å². The quantitative estimate of drug-likeness (QED) is 0.799. The molecule has 0 spiro atoms. The van der Waals surface area contributed by atoms with Crippen LogP contribution in [0.15, 0.2) is 18.2 Å². The molecule has 0 amide bonds. The lowest BCUT2D eigenvalue weighted by Gasteiger charge is -2.27. The molecule has 1 N–H and O–H groups in total. The summed E-state index contributed by atoms with van der Waals surface area (Å²) in [6.07, 6.45) is 1.38. The molecular formula is C13H19NO. The van der Waals surface area contributed by atoms with Crippen LogP contribution >= 0.6 is 0 Å². The van der Waals surface area contributed by atoms with E-state index in [0.29, 0.717) is 12.0 Å². The third-order valence-corrected chi connectivity index (χ3v) is 2.94. The lowest BCUT2D eigenvalue weighted by Crippen LogP contribution is -2.29. The molecule has 0 fully saturated rings. The SMILES string of the molecule is CCC1CNc2cc(C(C)C)ccc2O1. The molecule has 0 aliphatic carbocycles. The van der Waals surface area contributed by atoms with Gasteiger partial charge in [-0.3, -0.25) is 0 Å². The minimum atomic E-state index is 0.322. The molecule has 0 saturated heterocycles. The van der Waals surface area contributed by atoms with Gasteiger partial charge < -0.3 is 10.1 Å². The minimum Gasteiger partial charge on any atom is -0.486 e. The average molecular weight is 205 g/mol. The molecule has 1 heterocycles. The summed E-state index contributed by atoms with van der Waals surface area (Å²) < 4.78 is 5.85. The van der Waals surface area contributed by atoms with Crippen molar-refractivity contribution >= 4 is 5.69 Å². The fourth-order valence-electron chi connectivity index (χ4n) is 1.82. The van der Waals surface area contributed by atoms with Gasteiger partial charge in [0.2, 0.25) is 0 Å². The van der Waals surface area contributed by atoms with Crippen LogP contribution in [0.2, 0.25) is 0 Å². The lowest BCUT2D eigenvalue weighted by atomic mass is 10.0.